The van der Waals surface area contributed by atoms with Crippen LogP contribution < -0.4 is 5.73 Å². The minimum absolute atomic E-state index is 0.330. The fourth-order valence-corrected chi connectivity index (χ4v) is 2.79. The summed E-state index contributed by atoms with van der Waals surface area (Å²) in [6.07, 6.45) is 0. The zero-order valence-electron chi connectivity index (χ0n) is 12.5. The normalized spacial score (nSPS) is 15.1. The van der Waals surface area contributed by atoms with Crippen molar-refractivity contribution in [3.8, 4) is 0 Å². The standard InChI is InChI=1S/C15H24N4/c1-10(9-16)15(18(3)4)12-6-7-14-13(8-12)17-11(2)19(14)5/h6-8,10,15H,9,16H2,1-5H3. The first-order chi connectivity index (χ1) is 8.95. The lowest BCUT2D eigenvalue weighted by molar-refractivity contribution is 0.227. The number of hydrogen-bond acceptors (Lipinski definition) is 3. The van der Waals surface area contributed by atoms with Gasteiger partial charge in [0.25, 0.3) is 0 Å². The van der Waals surface area contributed by atoms with Crippen molar-refractivity contribution in [2.75, 3.05) is 20.6 Å². The molecule has 0 aliphatic heterocycles. The van der Waals surface area contributed by atoms with Crippen molar-refractivity contribution in [2.24, 2.45) is 18.7 Å². The highest BCUT2D eigenvalue weighted by Crippen LogP contribution is 2.28. The summed E-state index contributed by atoms with van der Waals surface area (Å²) in [7, 11) is 6.26. The third kappa shape index (κ3) is 2.51. The number of imidazole rings is 1. The second-order valence-corrected chi connectivity index (χ2v) is 5.59. The van der Waals surface area contributed by atoms with Crippen LogP contribution in [0.2, 0.25) is 0 Å². The Morgan fingerprint density at radius 3 is 2.63 bits per heavy atom. The van der Waals surface area contributed by atoms with Crippen molar-refractivity contribution < 1.29 is 0 Å². The van der Waals surface area contributed by atoms with Gasteiger partial charge in [-0.25, -0.2) is 4.98 Å². The molecule has 0 amide bonds. The second-order valence-electron chi connectivity index (χ2n) is 5.59. The van der Waals surface area contributed by atoms with E-state index in [9.17, 15) is 0 Å². The Bertz CT molecular complexity index is 571. The predicted molar refractivity (Wildman–Crippen MR) is 80.1 cm³/mol. The van der Waals surface area contributed by atoms with Crippen LogP contribution in [0.4, 0.5) is 0 Å². The summed E-state index contributed by atoms with van der Waals surface area (Å²) in [5.41, 5.74) is 9.37. The van der Waals surface area contributed by atoms with Gasteiger partial charge in [-0.3, -0.25) is 0 Å². The summed E-state index contributed by atoms with van der Waals surface area (Å²) in [5.74, 6) is 1.46. The number of aromatic nitrogens is 2. The van der Waals surface area contributed by atoms with Crippen molar-refractivity contribution in [3.05, 3.63) is 29.6 Å². The molecule has 1 aromatic carbocycles. The third-order valence-corrected chi connectivity index (χ3v) is 3.94. The van der Waals surface area contributed by atoms with E-state index < -0.39 is 0 Å². The maximum atomic E-state index is 5.84. The van der Waals surface area contributed by atoms with Crippen LogP contribution in [0.5, 0.6) is 0 Å². The van der Waals surface area contributed by atoms with Gasteiger partial charge in [0, 0.05) is 13.1 Å². The fraction of sp³-hybridized carbons (Fsp3) is 0.533. The van der Waals surface area contributed by atoms with E-state index >= 15 is 0 Å². The first-order valence-electron chi connectivity index (χ1n) is 6.75. The summed E-state index contributed by atoms with van der Waals surface area (Å²) in [6, 6.07) is 6.88. The number of rotatable bonds is 4. The summed E-state index contributed by atoms with van der Waals surface area (Å²) in [6.45, 7) is 4.91. The van der Waals surface area contributed by atoms with Gasteiger partial charge in [-0.15, -0.1) is 0 Å². The van der Waals surface area contributed by atoms with Gasteiger partial charge in [-0.1, -0.05) is 13.0 Å². The minimum Gasteiger partial charge on any atom is -0.331 e. The molecule has 0 saturated heterocycles. The largest absolute Gasteiger partial charge is 0.331 e. The van der Waals surface area contributed by atoms with Gasteiger partial charge < -0.3 is 15.2 Å². The van der Waals surface area contributed by atoms with E-state index in [2.05, 4.69) is 60.7 Å². The molecule has 2 N–H and O–H groups in total. The van der Waals surface area contributed by atoms with E-state index in [1.54, 1.807) is 0 Å². The molecule has 1 heterocycles. The quantitative estimate of drug-likeness (QED) is 0.915. The third-order valence-electron chi connectivity index (χ3n) is 3.94. The molecule has 2 unspecified atom stereocenters. The molecule has 104 valence electrons. The average molecular weight is 260 g/mol. The lowest BCUT2D eigenvalue weighted by Gasteiger charge is -2.29. The summed E-state index contributed by atoms with van der Waals surface area (Å²) < 4.78 is 2.12. The van der Waals surface area contributed by atoms with Crippen LogP contribution in [-0.4, -0.2) is 35.1 Å². The predicted octanol–water partition coefficient (Wildman–Crippen LogP) is 2.08. The molecule has 1 aromatic heterocycles. The molecule has 4 heteroatoms. The highest BCUT2D eigenvalue weighted by Gasteiger charge is 2.21. The van der Waals surface area contributed by atoms with Gasteiger partial charge in [0.2, 0.25) is 0 Å². The molecule has 2 rings (SSSR count). The monoisotopic (exact) mass is 260 g/mol. The van der Waals surface area contributed by atoms with Crippen molar-refractivity contribution in [1.82, 2.24) is 14.5 Å². The summed E-state index contributed by atoms with van der Waals surface area (Å²) in [5, 5.41) is 0. The molecule has 0 saturated carbocycles. The first-order valence-corrected chi connectivity index (χ1v) is 6.75. The Morgan fingerprint density at radius 1 is 1.37 bits per heavy atom. The van der Waals surface area contributed by atoms with Gasteiger partial charge in [-0.2, -0.15) is 0 Å². The Hall–Kier alpha value is -1.39. The number of hydrogen-bond donors (Lipinski definition) is 1. The van der Waals surface area contributed by atoms with Gasteiger partial charge >= 0.3 is 0 Å². The average Bonchev–Trinajstić information content (AvgIpc) is 2.64. The molecule has 4 nitrogen and oxygen atoms in total. The van der Waals surface area contributed by atoms with Crippen LogP contribution in [0, 0.1) is 12.8 Å². The van der Waals surface area contributed by atoms with Crippen LogP contribution >= 0.6 is 0 Å². The smallest absolute Gasteiger partial charge is 0.106 e. The molecule has 0 bridgehead atoms. The molecular weight excluding hydrogens is 236 g/mol. The topological polar surface area (TPSA) is 47.1 Å². The van der Waals surface area contributed by atoms with Crippen molar-refractivity contribution in [2.45, 2.75) is 19.9 Å². The Kier molecular flexibility index (Phi) is 3.92. The second kappa shape index (κ2) is 5.31. The molecule has 0 aliphatic carbocycles. The van der Waals surface area contributed by atoms with E-state index in [0.717, 1.165) is 11.3 Å². The van der Waals surface area contributed by atoms with Crippen LogP contribution in [0.1, 0.15) is 24.4 Å². The fourth-order valence-electron chi connectivity index (χ4n) is 2.79. The van der Waals surface area contributed by atoms with Crippen LogP contribution in [0.25, 0.3) is 11.0 Å². The van der Waals surface area contributed by atoms with Crippen molar-refractivity contribution in [3.63, 3.8) is 0 Å². The Balaban J connectivity index is 2.49. The molecule has 19 heavy (non-hydrogen) atoms. The molecule has 0 aliphatic rings. The maximum Gasteiger partial charge on any atom is 0.106 e. The SMILES string of the molecule is Cc1nc2cc(C(C(C)CN)N(C)C)ccc2n1C. The van der Waals surface area contributed by atoms with Crippen LogP contribution in [0.15, 0.2) is 18.2 Å². The van der Waals surface area contributed by atoms with E-state index in [-0.39, 0.29) is 0 Å². The zero-order chi connectivity index (χ0) is 14.2. The van der Waals surface area contributed by atoms with E-state index in [0.29, 0.717) is 18.5 Å². The highest BCUT2D eigenvalue weighted by atomic mass is 15.1. The Labute approximate surface area is 115 Å². The molecular formula is C15H24N4. The van der Waals surface area contributed by atoms with Gasteiger partial charge in [0.15, 0.2) is 0 Å². The number of nitrogens with two attached hydrogens (primary N) is 1. The van der Waals surface area contributed by atoms with E-state index in [1.165, 1.54) is 11.1 Å². The highest BCUT2D eigenvalue weighted by molar-refractivity contribution is 5.77. The summed E-state index contributed by atoms with van der Waals surface area (Å²) >= 11 is 0. The minimum atomic E-state index is 0.330. The van der Waals surface area contributed by atoms with Crippen molar-refractivity contribution in [1.29, 1.82) is 0 Å². The molecule has 2 atom stereocenters. The lowest BCUT2D eigenvalue weighted by Crippen LogP contribution is -2.30. The van der Waals surface area contributed by atoms with E-state index in [4.69, 9.17) is 5.73 Å². The number of aryl methyl sites for hydroxylation is 2. The summed E-state index contributed by atoms with van der Waals surface area (Å²) in [4.78, 5) is 6.84. The number of fused-ring (bicyclic) bond motifs is 1. The zero-order valence-corrected chi connectivity index (χ0v) is 12.5. The van der Waals surface area contributed by atoms with Gasteiger partial charge in [0.1, 0.15) is 5.82 Å². The number of nitrogens with zero attached hydrogens (tertiary/aromatic N) is 3. The van der Waals surface area contributed by atoms with Crippen LogP contribution in [0.3, 0.4) is 0 Å². The number of benzene rings is 1. The molecule has 0 radical (unpaired) electrons. The van der Waals surface area contributed by atoms with Crippen molar-refractivity contribution >= 4 is 11.0 Å². The van der Waals surface area contributed by atoms with Gasteiger partial charge in [-0.05, 0) is 51.2 Å². The molecule has 2 aromatic rings. The van der Waals surface area contributed by atoms with Crippen LogP contribution in [-0.2, 0) is 7.05 Å². The van der Waals surface area contributed by atoms with Gasteiger partial charge in [0.05, 0.1) is 11.0 Å². The lowest BCUT2D eigenvalue weighted by atomic mass is 9.93. The maximum absolute atomic E-state index is 5.84. The Morgan fingerprint density at radius 2 is 2.05 bits per heavy atom. The first kappa shape index (κ1) is 14.0. The van der Waals surface area contributed by atoms with E-state index in [1.807, 2.05) is 6.92 Å². The molecule has 0 spiro atoms. The molecule has 0 fully saturated rings.